The summed E-state index contributed by atoms with van der Waals surface area (Å²) in [6.07, 6.45) is -4.98. The molecule has 1 atom stereocenters. The molecule has 0 saturated heterocycles. The minimum atomic E-state index is -4.14. The van der Waals surface area contributed by atoms with Gasteiger partial charge in [-0.1, -0.05) is 15.9 Å². The maximum absolute atomic E-state index is 12.2. The number of benzene rings is 1. The van der Waals surface area contributed by atoms with E-state index in [-0.39, 0.29) is 12.6 Å². The Morgan fingerprint density at radius 3 is 2.50 bits per heavy atom. The van der Waals surface area contributed by atoms with E-state index in [2.05, 4.69) is 15.9 Å². The van der Waals surface area contributed by atoms with Gasteiger partial charge in [0.2, 0.25) is 0 Å². The molecule has 102 valence electrons. The lowest BCUT2D eigenvalue weighted by atomic mass is 10.1. The standard InChI is InChI=1S/C12H16BrF3N2/c1-8(17)10-7-9(13)3-4-11(10)18(2)6-5-12(14,15)16/h3-4,7-8H,5-6,17H2,1-2H3. The second kappa shape index (κ2) is 5.93. The first kappa shape index (κ1) is 15.3. The third-order valence-electron chi connectivity index (χ3n) is 2.62. The molecule has 1 aromatic carbocycles. The molecule has 18 heavy (non-hydrogen) atoms. The number of alkyl halides is 3. The lowest BCUT2D eigenvalue weighted by molar-refractivity contribution is -0.132. The van der Waals surface area contributed by atoms with Crippen LogP contribution in [0.4, 0.5) is 18.9 Å². The first-order chi connectivity index (χ1) is 8.20. The van der Waals surface area contributed by atoms with Crippen molar-refractivity contribution < 1.29 is 13.2 Å². The molecule has 0 amide bonds. The molecule has 0 aliphatic heterocycles. The second-order valence-electron chi connectivity index (χ2n) is 4.28. The predicted molar refractivity (Wildman–Crippen MR) is 70.7 cm³/mol. The molecular weight excluding hydrogens is 309 g/mol. The Kier molecular flexibility index (Phi) is 5.04. The minimum Gasteiger partial charge on any atom is -0.374 e. The van der Waals surface area contributed by atoms with Crippen molar-refractivity contribution in [1.82, 2.24) is 0 Å². The number of nitrogens with two attached hydrogens (primary N) is 1. The van der Waals surface area contributed by atoms with Crippen molar-refractivity contribution in [3.8, 4) is 0 Å². The van der Waals surface area contributed by atoms with E-state index in [9.17, 15) is 13.2 Å². The zero-order chi connectivity index (χ0) is 13.9. The fraction of sp³-hybridized carbons (Fsp3) is 0.500. The van der Waals surface area contributed by atoms with Gasteiger partial charge < -0.3 is 10.6 Å². The van der Waals surface area contributed by atoms with Crippen molar-refractivity contribution in [2.45, 2.75) is 25.6 Å². The number of halogens is 4. The number of hydrogen-bond acceptors (Lipinski definition) is 2. The second-order valence-corrected chi connectivity index (χ2v) is 5.19. The Balaban J connectivity index is 2.88. The molecule has 0 aliphatic rings. The van der Waals surface area contributed by atoms with Crippen molar-refractivity contribution >= 4 is 21.6 Å². The van der Waals surface area contributed by atoms with E-state index in [4.69, 9.17) is 5.73 Å². The summed E-state index contributed by atoms with van der Waals surface area (Å²) in [7, 11) is 1.64. The molecule has 1 unspecified atom stereocenters. The molecule has 0 radical (unpaired) electrons. The smallest absolute Gasteiger partial charge is 0.374 e. The summed E-state index contributed by atoms with van der Waals surface area (Å²) >= 11 is 3.33. The van der Waals surface area contributed by atoms with Crippen LogP contribution in [0.2, 0.25) is 0 Å². The highest BCUT2D eigenvalue weighted by Crippen LogP contribution is 2.29. The maximum Gasteiger partial charge on any atom is 0.390 e. The van der Waals surface area contributed by atoms with E-state index in [1.54, 1.807) is 24.1 Å². The van der Waals surface area contributed by atoms with Crippen LogP contribution in [0.5, 0.6) is 0 Å². The van der Waals surface area contributed by atoms with Crippen molar-refractivity contribution in [2.75, 3.05) is 18.5 Å². The van der Waals surface area contributed by atoms with Gasteiger partial charge in [-0.05, 0) is 30.7 Å². The minimum absolute atomic E-state index is 0.0785. The third-order valence-corrected chi connectivity index (χ3v) is 3.12. The maximum atomic E-state index is 12.2. The normalized spacial score (nSPS) is 13.5. The number of anilines is 1. The Morgan fingerprint density at radius 2 is 2.00 bits per heavy atom. The lowest BCUT2D eigenvalue weighted by Gasteiger charge is -2.24. The van der Waals surface area contributed by atoms with Crippen LogP contribution in [-0.4, -0.2) is 19.8 Å². The molecule has 0 aliphatic carbocycles. The fourth-order valence-corrected chi connectivity index (χ4v) is 2.03. The Hall–Kier alpha value is -0.750. The summed E-state index contributed by atoms with van der Waals surface area (Å²) in [6.45, 7) is 1.73. The molecule has 0 bridgehead atoms. The summed E-state index contributed by atoms with van der Waals surface area (Å²) in [5.41, 5.74) is 7.40. The average Bonchev–Trinajstić information content (AvgIpc) is 2.24. The van der Waals surface area contributed by atoms with Crippen LogP contribution in [0, 0.1) is 0 Å². The monoisotopic (exact) mass is 324 g/mol. The fourth-order valence-electron chi connectivity index (χ4n) is 1.65. The average molecular weight is 325 g/mol. The molecule has 1 rings (SSSR count). The summed E-state index contributed by atoms with van der Waals surface area (Å²) < 4.78 is 37.5. The topological polar surface area (TPSA) is 29.3 Å². The van der Waals surface area contributed by atoms with E-state index in [0.717, 1.165) is 15.7 Å². The van der Waals surface area contributed by atoms with Crippen molar-refractivity contribution in [1.29, 1.82) is 0 Å². The molecule has 1 aromatic rings. The number of hydrogen-bond donors (Lipinski definition) is 1. The third kappa shape index (κ3) is 4.49. The van der Waals surface area contributed by atoms with Gasteiger partial charge in [0.15, 0.2) is 0 Å². The summed E-state index contributed by atoms with van der Waals surface area (Å²) in [5.74, 6) is 0. The Bertz CT molecular complexity index is 405. The Labute approximate surface area is 113 Å². The van der Waals surface area contributed by atoms with Crippen LogP contribution in [0.1, 0.15) is 24.9 Å². The Morgan fingerprint density at radius 1 is 1.39 bits per heavy atom. The van der Waals surface area contributed by atoms with Crippen molar-refractivity contribution in [3.63, 3.8) is 0 Å². The number of nitrogens with zero attached hydrogens (tertiary/aromatic N) is 1. The molecule has 0 fully saturated rings. The summed E-state index contributed by atoms with van der Waals surface area (Å²) in [4.78, 5) is 1.58. The first-order valence-corrected chi connectivity index (χ1v) is 6.33. The quantitative estimate of drug-likeness (QED) is 0.911. The van der Waals surface area contributed by atoms with E-state index in [1.165, 1.54) is 0 Å². The summed E-state index contributed by atoms with van der Waals surface area (Å²) in [5, 5.41) is 0. The predicted octanol–water partition coefficient (Wildman–Crippen LogP) is 3.86. The van der Waals surface area contributed by atoms with E-state index < -0.39 is 12.6 Å². The lowest BCUT2D eigenvalue weighted by Crippen LogP contribution is -2.25. The molecule has 0 aromatic heterocycles. The van der Waals surface area contributed by atoms with Crippen molar-refractivity contribution in [2.24, 2.45) is 5.73 Å². The zero-order valence-corrected chi connectivity index (χ0v) is 11.8. The van der Waals surface area contributed by atoms with Gasteiger partial charge in [-0.3, -0.25) is 0 Å². The van der Waals surface area contributed by atoms with Crippen LogP contribution in [0.3, 0.4) is 0 Å². The molecule has 2 N–H and O–H groups in total. The van der Waals surface area contributed by atoms with Gasteiger partial charge in [0.05, 0.1) is 6.42 Å². The molecular formula is C12H16BrF3N2. The largest absolute Gasteiger partial charge is 0.390 e. The molecule has 0 saturated carbocycles. The highest BCUT2D eigenvalue weighted by Gasteiger charge is 2.27. The van der Waals surface area contributed by atoms with Gasteiger partial charge >= 0.3 is 6.18 Å². The van der Waals surface area contributed by atoms with Crippen LogP contribution in [0.15, 0.2) is 22.7 Å². The van der Waals surface area contributed by atoms with E-state index in [0.29, 0.717) is 0 Å². The highest BCUT2D eigenvalue weighted by atomic mass is 79.9. The van der Waals surface area contributed by atoms with Crippen LogP contribution in [-0.2, 0) is 0 Å². The van der Waals surface area contributed by atoms with Gasteiger partial charge in [0.1, 0.15) is 0 Å². The van der Waals surface area contributed by atoms with Gasteiger partial charge in [-0.25, -0.2) is 0 Å². The van der Waals surface area contributed by atoms with E-state index in [1.807, 2.05) is 13.0 Å². The van der Waals surface area contributed by atoms with Gasteiger partial charge in [0, 0.05) is 29.8 Å². The molecule has 0 heterocycles. The van der Waals surface area contributed by atoms with Crippen LogP contribution >= 0.6 is 15.9 Å². The van der Waals surface area contributed by atoms with Gasteiger partial charge in [-0.2, -0.15) is 13.2 Å². The van der Waals surface area contributed by atoms with Crippen LogP contribution < -0.4 is 10.6 Å². The van der Waals surface area contributed by atoms with Crippen LogP contribution in [0.25, 0.3) is 0 Å². The molecule has 6 heteroatoms. The number of rotatable bonds is 4. The molecule has 0 spiro atoms. The zero-order valence-electron chi connectivity index (χ0n) is 10.3. The highest BCUT2D eigenvalue weighted by molar-refractivity contribution is 9.10. The van der Waals surface area contributed by atoms with Crippen molar-refractivity contribution in [3.05, 3.63) is 28.2 Å². The van der Waals surface area contributed by atoms with E-state index >= 15 is 0 Å². The van der Waals surface area contributed by atoms with Gasteiger partial charge in [-0.15, -0.1) is 0 Å². The first-order valence-electron chi connectivity index (χ1n) is 5.53. The summed E-state index contributed by atoms with van der Waals surface area (Å²) in [6, 6.07) is 5.18. The molecule has 2 nitrogen and oxygen atoms in total. The SMILES string of the molecule is CC(N)c1cc(Br)ccc1N(C)CCC(F)(F)F. The van der Waals surface area contributed by atoms with Gasteiger partial charge in [0.25, 0.3) is 0 Å².